The molecule has 10 rings (SSSR count). The van der Waals surface area contributed by atoms with Crippen molar-refractivity contribution in [3.8, 4) is 34.2 Å². The maximum absolute atomic E-state index is 5.40. The van der Waals surface area contributed by atoms with Crippen LogP contribution < -0.4 is 0 Å². The SMILES string of the molecule is CC1(C)c2ccccc2C2(c3ccccc3Sc3cccc(-c4nc(-c5ccccc5)nc(-c5cccc6ccccc56)n4)c32)c2ccccc21. The number of hydrogen-bond donors (Lipinski definition) is 0. The fourth-order valence-electron chi connectivity index (χ4n) is 8.62. The Hall–Kier alpha value is -5.84. The number of rotatable bonds is 3. The van der Waals surface area contributed by atoms with Crippen molar-refractivity contribution in [3.63, 3.8) is 0 Å². The molecule has 0 atom stereocenters. The van der Waals surface area contributed by atoms with Gasteiger partial charge in [0.1, 0.15) is 0 Å². The van der Waals surface area contributed by atoms with Crippen molar-refractivity contribution in [3.05, 3.63) is 197 Å². The number of aromatic nitrogens is 3. The van der Waals surface area contributed by atoms with Crippen molar-refractivity contribution < 1.29 is 0 Å². The van der Waals surface area contributed by atoms with Crippen LogP contribution in [0.2, 0.25) is 0 Å². The van der Waals surface area contributed by atoms with E-state index in [0.717, 1.165) is 27.5 Å². The van der Waals surface area contributed by atoms with Crippen LogP contribution in [0.15, 0.2) is 174 Å². The van der Waals surface area contributed by atoms with Crippen LogP contribution in [0.1, 0.15) is 47.2 Å². The third-order valence-electron chi connectivity index (χ3n) is 10.9. The molecule has 4 heteroatoms. The predicted octanol–water partition coefficient (Wildman–Crippen LogP) is 11.5. The maximum Gasteiger partial charge on any atom is 0.164 e. The summed E-state index contributed by atoms with van der Waals surface area (Å²) in [5.41, 5.74) is 9.96. The predicted molar refractivity (Wildman–Crippen MR) is 208 cm³/mol. The summed E-state index contributed by atoms with van der Waals surface area (Å²) in [5.74, 6) is 1.99. The van der Waals surface area contributed by atoms with E-state index in [2.05, 4.69) is 159 Å². The number of hydrogen-bond acceptors (Lipinski definition) is 4. The molecule has 51 heavy (non-hydrogen) atoms. The van der Waals surface area contributed by atoms with Crippen molar-refractivity contribution in [2.75, 3.05) is 0 Å². The van der Waals surface area contributed by atoms with Crippen molar-refractivity contribution in [2.24, 2.45) is 0 Å². The van der Waals surface area contributed by atoms with Crippen molar-refractivity contribution in [1.82, 2.24) is 15.0 Å². The molecular formula is C47H33N3S. The first-order chi connectivity index (χ1) is 25.0. The van der Waals surface area contributed by atoms with E-state index in [1.807, 2.05) is 30.0 Å². The van der Waals surface area contributed by atoms with Gasteiger partial charge in [0, 0.05) is 31.9 Å². The maximum atomic E-state index is 5.40. The summed E-state index contributed by atoms with van der Waals surface area (Å²) in [7, 11) is 0. The average Bonchev–Trinajstić information content (AvgIpc) is 3.19. The molecular weight excluding hydrogens is 639 g/mol. The number of nitrogens with zero attached hydrogens (tertiary/aromatic N) is 3. The Kier molecular flexibility index (Phi) is 6.68. The van der Waals surface area contributed by atoms with Crippen LogP contribution in [-0.2, 0) is 10.8 Å². The molecule has 2 heterocycles. The molecule has 0 amide bonds. The normalized spacial score (nSPS) is 14.7. The van der Waals surface area contributed by atoms with Crippen molar-refractivity contribution >= 4 is 22.5 Å². The van der Waals surface area contributed by atoms with Crippen LogP contribution in [0, 0.1) is 0 Å². The van der Waals surface area contributed by atoms with Crippen molar-refractivity contribution in [1.29, 1.82) is 0 Å². The topological polar surface area (TPSA) is 38.7 Å². The fourth-order valence-corrected chi connectivity index (χ4v) is 9.85. The molecule has 0 radical (unpaired) electrons. The Morgan fingerprint density at radius 1 is 0.412 bits per heavy atom. The van der Waals surface area contributed by atoms with E-state index in [1.54, 1.807) is 0 Å². The van der Waals surface area contributed by atoms with Gasteiger partial charge >= 0.3 is 0 Å². The molecule has 8 aromatic rings. The summed E-state index contributed by atoms with van der Waals surface area (Å²) >= 11 is 1.84. The van der Waals surface area contributed by atoms with Crippen LogP contribution >= 0.6 is 11.8 Å². The van der Waals surface area contributed by atoms with Gasteiger partial charge in [-0.1, -0.05) is 177 Å². The molecule has 7 aromatic carbocycles. The van der Waals surface area contributed by atoms with Gasteiger partial charge in [0.25, 0.3) is 0 Å². The summed E-state index contributed by atoms with van der Waals surface area (Å²) in [6.07, 6.45) is 0. The molecule has 1 aliphatic heterocycles. The number of benzene rings is 7. The molecule has 1 spiro atoms. The second-order valence-corrected chi connectivity index (χ2v) is 15.0. The zero-order valence-electron chi connectivity index (χ0n) is 28.3. The molecule has 3 nitrogen and oxygen atoms in total. The molecule has 0 bridgehead atoms. The van der Waals surface area contributed by atoms with Gasteiger partial charge < -0.3 is 0 Å². The fraction of sp³-hybridized carbons (Fsp3) is 0.0851. The monoisotopic (exact) mass is 671 g/mol. The molecule has 1 aromatic heterocycles. The summed E-state index contributed by atoms with van der Waals surface area (Å²) in [6, 6.07) is 58.8. The highest BCUT2D eigenvalue weighted by Gasteiger charge is 2.53. The first kappa shape index (κ1) is 30.0. The van der Waals surface area contributed by atoms with Crippen LogP contribution in [0.5, 0.6) is 0 Å². The smallest absolute Gasteiger partial charge is 0.164 e. The van der Waals surface area contributed by atoms with Crippen LogP contribution in [-0.4, -0.2) is 15.0 Å². The summed E-state index contributed by atoms with van der Waals surface area (Å²) in [4.78, 5) is 18.4. The Labute approximate surface area is 302 Å². The first-order valence-corrected chi connectivity index (χ1v) is 18.3. The third kappa shape index (κ3) is 4.36. The van der Waals surface area contributed by atoms with E-state index in [1.165, 1.54) is 43.2 Å². The Morgan fingerprint density at radius 3 is 1.67 bits per heavy atom. The number of fused-ring (bicyclic) bond motifs is 9. The minimum absolute atomic E-state index is 0.192. The molecule has 0 fully saturated rings. The summed E-state index contributed by atoms with van der Waals surface area (Å²) in [6.45, 7) is 4.73. The quantitative estimate of drug-likeness (QED) is 0.187. The lowest BCUT2D eigenvalue weighted by Gasteiger charge is -2.50. The molecule has 0 N–H and O–H groups in total. The van der Waals surface area contributed by atoms with Crippen LogP contribution in [0.4, 0.5) is 0 Å². The second kappa shape index (κ2) is 11.3. The standard InChI is InChI=1S/C47H33N3S/c1-46(2)35-23-8-10-25-37(35)47(38-26-11-9-24-36(38)46)39-27-12-13-28-40(39)51-41-29-15-22-34(42(41)47)45-49-43(31-17-4-3-5-18-31)48-44(50-45)33-21-14-19-30-16-6-7-20-32(30)33/h3-29H,1-2H3. The van der Waals surface area contributed by atoms with Crippen LogP contribution in [0.3, 0.4) is 0 Å². The van der Waals surface area contributed by atoms with Gasteiger partial charge in [-0.2, -0.15) is 0 Å². The molecule has 0 saturated heterocycles. The largest absolute Gasteiger partial charge is 0.208 e. The van der Waals surface area contributed by atoms with Crippen molar-refractivity contribution in [2.45, 2.75) is 34.5 Å². The molecule has 0 unspecified atom stereocenters. The van der Waals surface area contributed by atoms with E-state index < -0.39 is 5.41 Å². The third-order valence-corrected chi connectivity index (χ3v) is 12.0. The van der Waals surface area contributed by atoms with E-state index in [4.69, 9.17) is 15.0 Å². The van der Waals surface area contributed by atoms with Gasteiger partial charge in [0.05, 0.1) is 5.41 Å². The highest BCUT2D eigenvalue weighted by atomic mass is 32.2. The van der Waals surface area contributed by atoms with Gasteiger partial charge in [-0.25, -0.2) is 15.0 Å². The Morgan fingerprint density at radius 2 is 0.922 bits per heavy atom. The summed E-state index contributed by atoms with van der Waals surface area (Å²) < 4.78 is 0. The molecule has 242 valence electrons. The van der Waals surface area contributed by atoms with Crippen LogP contribution in [0.25, 0.3) is 44.9 Å². The summed E-state index contributed by atoms with van der Waals surface area (Å²) in [5, 5.41) is 2.27. The highest BCUT2D eigenvalue weighted by molar-refractivity contribution is 7.99. The van der Waals surface area contributed by atoms with Gasteiger partial charge in [-0.3, -0.25) is 0 Å². The Balaban J connectivity index is 1.34. The van der Waals surface area contributed by atoms with Gasteiger partial charge in [-0.15, -0.1) is 0 Å². The lowest BCUT2D eigenvalue weighted by atomic mass is 9.53. The second-order valence-electron chi connectivity index (χ2n) is 13.9. The lowest BCUT2D eigenvalue weighted by molar-refractivity contribution is 0.549. The van der Waals surface area contributed by atoms with Gasteiger partial charge in [0.15, 0.2) is 17.5 Å². The highest BCUT2D eigenvalue weighted by Crippen LogP contribution is 2.63. The minimum Gasteiger partial charge on any atom is -0.208 e. The zero-order chi connectivity index (χ0) is 34.2. The lowest BCUT2D eigenvalue weighted by Crippen LogP contribution is -2.43. The molecule has 2 aliphatic rings. The molecule has 0 saturated carbocycles. The van der Waals surface area contributed by atoms with Gasteiger partial charge in [-0.05, 0) is 56.3 Å². The van der Waals surface area contributed by atoms with Gasteiger partial charge in [0.2, 0.25) is 0 Å². The minimum atomic E-state index is -0.602. The van der Waals surface area contributed by atoms with E-state index >= 15 is 0 Å². The van der Waals surface area contributed by atoms with E-state index in [0.29, 0.717) is 17.5 Å². The van der Waals surface area contributed by atoms with E-state index in [-0.39, 0.29) is 5.41 Å². The molecule has 1 aliphatic carbocycles. The first-order valence-electron chi connectivity index (χ1n) is 17.5. The Bertz CT molecular complexity index is 2610. The zero-order valence-corrected chi connectivity index (χ0v) is 29.2. The van der Waals surface area contributed by atoms with E-state index in [9.17, 15) is 0 Å². The average molecular weight is 672 g/mol.